The molecule has 0 aliphatic rings. The molecule has 1 aromatic carbocycles. The molecule has 0 radical (unpaired) electrons. The summed E-state index contributed by atoms with van der Waals surface area (Å²) >= 11 is 0. The number of halogens is 1. The third-order valence-corrected chi connectivity index (χ3v) is 2.26. The quantitative estimate of drug-likeness (QED) is 0.860. The Balaban J connectivity index is 1.73. The lowest BCUT2D eigenvalue weighted by atomic mass is 10.3. The molecule has 7 heteroatoms. The number of hydrogen-bond acceptors (Lipinski definition) is 4. The summed E-state index contributed by atoms with van der Waals surface area (Å²) in [6.45, 7) is 1.93. The Morgan fingerprint density at radius 3 is 2.79 bits per heavy atom. The molecule has 0 atom stereocenters. The van der Waals surface area contributed by atoms with E-state index in [9.17, 15) is 9.18 Å². The Kier molecular flexibility index (Phi) is 4.07. The number of ether oxygens (including phenoxy) is 1. The van der Waals surface area contributed by atoms with Crippen LogP contribution in [0.15, 0.2) is 24.3 Å². The third-order valence-electron chi connectivity index (χ3n) is 2.26. The monoisotopic (exact) mass is 264 g/mol. The summed E-state index contributed by atoms with van der Waals surface area (Å²) in [6.07, 6.45) is 0.158. The molecule has 0 fully saturated rings. The first-order chi connectivity index (χ1) is 9.13. The Morgan fingerprint density at radius 2 is 2.16 bits per heavy atom. The highest BCUT2D eigenvalue weighted by Crippen LogP contribution is 2.11. The summed E-state index contributed by atoms with van der Waals surface area (Å²) in [5.74, 6) is 0.802. The van der Waals surface area contributed by atoms with Gasteiger partial charge in [-0.15, -0.1) is 5.10 Å². The number of nitrogens with one attached hydrogen (secondary N) is 2. The largest absolute Gasteiger partial charge is 0.493 e. The number of carbonyl (C=O) groups is 1. The average Bonchev–Trinajstić information content (AvgIpc) is 2.77. The Hall–Kier alpha value is -2.44. The lowest BCUT2D eigenvalue weighted by Gasteiger charge is -2.05. The molecule has 1 heterocycles. The van der Waals surface area contributed by atoms with Crippen LogP contribution in [0.2, 0.25) is 0 Å². The van der Waals surface area contributed by atoms with Crippen LogP contribution in [0.1, 0.15) is 12.2 Å². The van der Waals surface area contributed by atoms with E-state index in [1.807, 2.05) is 0 Å². The average molecular weight is 264 g/mol. The molecule has 0 aliphatic carbocycles. The number of hydrogen-bond donors (Lipinski definition) is 2. The minimum Gasteiger partial charge on any atom is -0.493 e. The molecule has 2 N–H and O–H groups in total. The Morgan fingerprint density at radius 1 is 1.42 bits per heavy atom. The molecule has 0 bridgehead atoms. The van der Waals surface area contributed by atoms with Gasteiger partial charge in [-0.1, -0.05) is 0 Å². The van der Waals surface area contributed by atoms with Crippen LogP contribution in [0, 0.1) is 12.7 Å². The summed E-state index contributed by atoms with van der Waals surface area (Å²) < 4.78 is 17.9. The lowest BCUT2D eigenvalue weighted by Crippen LogP contribution is -2.16. The van der Waals surface area contributed by atoms with Crippen LogP contribution in [0.25, 0.3) is 0 Å². The molecule has 100 valence electrons. The highest BCUT2D eigenvalue weighted by atomic mass is 19.1. The topological polar surface area (TPSA) is 79.9 Å². The van der Waals surface area contributed by atoms with Crippen LogP contribution in [0.5, 0.6) is 5.75 Å². The van der Waals surface area contributed by atoms with Crippen molar-refractivity contribution in [2.75, 3.05) is 11.9 Å². The van der Waals surface area contributed by atoms with Gasteiger partial charge in [0.2, 0.25) is 11.9 Å². The Bertz CT molecular complexity index is 553. The predicted molar refractivity (Wildman–Crippen MR) is 66.3 cm³/mol. The summed E-state index contributed by atoms with van der Waals surface area (Å²) in [6, 6.07) is 5.61. The maximum absolute atomic E-state index is 12.6. The number of aryl methyl sites for hydroxylation is 1. The van der Waals surface area contributed by atoms with Crippen molar-refractivity contribution in [1.29, 1.82) is 0 Å². The molecule has 1 aromatic heterocycles. The van der Waals surface area contributed by atoms with Crippen molar-refractivity contribution in [2.24, 2.45) is 0 Å². The number of nitrogens with zero attached hydrogens (tertiary/aromatic N) is 2. The zero-order valence-corrected chi connectivity index (χ0v) is 10.3. The van der Waals surface area contributed by atoms with Gasteiger partial charge in [0, 0.05) is 0 Å². The second-order valence-corrected chi connectivity index (χ2v) is 3.84. The van der Waals surface area contributed by atoms with Crippen LogP contribution in [-0.4, -0.2) is 27.7 Å². The molecule has 2 rings (SSSR count). The number of amides is 1. The lowest BCUT2D eigenvalue weighted by molar-refractivity contribution is -0.116. The van der Waals surface area contributed by atoms with Gasteiger partial charge in [0.15, 0.2) is 0 Å². The van der Waals surface area contributed by atoms with E-state index in [2.05, 4.69) is 20.5 Å². The van der Waals surface area contributed by atoms with E-state index in [1.165, 1.54) is 24.3 Å². The smallest absolute Gasteiger partial charge is 0.248 e. The molecule has 0 unspecified atom stereocenters. The van der Waals surface area contributed by atoms with Crippen LogP contribution >= 0.6 is 0 Å². The van der Waals surface area contributed by atoms with Crippen LogP contribution in [0.3, 0.4) is 0 Å². The summed E-state index contributed by atoms with van der Waals surface area (Å²) in [5, 5.41) is 8.93. The van der Waals surface area contributed by atoms with Crippen molar-refractivity contribution in [3.8, 4) is 5.75 Å². The third kappa shape index (κ3) is 4.06. The van der Waals surface area contributed by atoms with Gasteiger partial charge in [-0.2, -0.15) is 4.98 Å². The molecule has 0 spiro atoms. The van der Waals surface area contributed by atoms with Gasteiger partial charge in [0.25, 0.3) is 0 Å². The van der Waals surface area contributed by atoms with Gasteiger partial charge in [-0.25, -0.2) is 4.39 Å². The van der Waals surface area contributed by atoms with Gasteiger partial charge < -0.3 is 4.74 Å². The molecule has 0 aliphatic heterocycles. The summed E-state index contributed by atoms with van der Waals surface area (Å²) in [5.41, 5.74) is 0. The number of rotatable bonds is 5. The van der Waals surface area contributed by atoms with E-state index >= 15 is 0 Å². The predicted octanol–water partition coefficient (Wildman–Crippen LogP) is 1.66. The number of carbonyl (C=O) groups excluding carboxylic acids is 1. The second-order valence-electron chi connectivity index (χ2n) is 3.84. The van der Waals surface area contributed by atoms with Gasteiger partial charge in [-0.3, -0.25) is 15.2 Å². The first kappa shape index (κ1) is 13.0. The molecule has 19 heavy (non-hydrogen) atoms. The molecule has 0 saturated carbocycles. The van der Waals surface area contributed by atoms with Crippen LogP contribution in [0.4, 0.5) is 10.3 Å². The van der Waals surface area contributed by atoms with Crippen molar-refractivity contribution in [3.05, 3.63) is 35.9 Å². The molecule has 1 amide bonds. The second kappa shape index (κ2) is 5.94. The van der Waals surface area contributed by atoms with Gasteiger partial charge >= 0.3 is 0 Å². The minimum absolute atomic E-state index is 0.158. The van der Waals surface area contributed by atoms with Gasteiger partial charge in [0.05, 0.1) is 13.0 Å². The minimum atomic E-state index is -0.329. The highest BCUT2D eigenvalue weighted by molar-refractivity contribution is 5.88. The summed E-state index contributed by atoms with van der Waals surface area (Å²) in [4.78, 5) is 15.5. The van der Waals surface area contributed by atoms with E-state index in [-0.39, 0.29) is 30.7 Å². The normalized spacial score (nSPS) is 10.2. The van der Waals surface area contributed by atoms with Crippen molar-refractivity contribution in [2.45, 2.75) is 13.3 Å². The molecule has 0 saturated heterocycles. The fourth-order valence-corrected chi connectivity index (χ4v) is 1.38. The van der Waals surface area contributed by atoms with Gasteiger partial charge in [-0.05, 0) is 31.2 Å². The zero-order chi connectivity index (χ0) is 13.7. The van der Waals surface area contributed by atoms with E-state index in [0.717, 1.165) is 0 Å². The SMILES string of the molecule is Cc1nc(NC(=O)CCOc2ccc(F)cc2)n[nH]1. The van der Waals surface area contributed by atoms with Crippen molar-refractivity contribution < 1.29 is 13.9 Å². The maximum atomic E-state index is 12.6. The van der Waals surface area contributed by atoms with Crippen molar-refractivity contribution >= 4 is 11.9 Å². The van der Waals surface area contributed by atoms with E-state index < -0.39 is 0 Å². The number of benzene rings is 1. The number of anilines is 1. The highest BCUT2D eigenvalue weighted by Gasteiger charge is 2.06. The standard InChI is InChI=1S/C12H13FN4O2/c1-8-14-12(17-16-8)15-11(18)6-7-19-10-4-2-9(13)3-5-10/h2-5H,6-7H2,1H3,(H2,14,15,16,17,18). The number of aromatic nitrogens is 3. The van der Waals surface area contributed by atoms with Crippen LogP contribution in [-0.2, 0) is 4.79 Å². The fourth-order valence-electron chi connectivity index (χ4n) is 1.38. The molecule has 2 aromatic rings. The van der Waals surface area contributed by atoms with E-state index in [1.54, 1.807) is 6.92 Å². The number of H-pyrrole nitrogens is 1. The van der Waals surface area contributed by atoms with E-state index in [4.69, 9.17) is 4.74 Å². The van der Waals surface area contributed by atoms with Crippen LogP contribution < -0.4 is 10.1 Å². The van der Waals surface area contributed by atoms with Crippen molar-refractivity contribution in [1.82, 2.24) is 15.2 Å². The first-order valence-corrected chi connectivity index (χ1v) is 5.71. The number of aromatic amines is 1. The fraction of sp³-hybridized carbons (Fsp3) is 0.250. The van der Waals surface area contributed by atoms with Gasteiger partial charge in [0.1, 0.15) is 17.4 Å². The molecular weight excluding hydrogens is 251 g/mol. The summed E-state index contributed by atoms with van der Waals surface area (Å²) in [7, 11) is 0. The molecule has 6 nitrogen and oxygen atoms in total. The maximum Gasteiger partial charge on any atom is 0.248 e. The van der Waals surface area contributed by atoms with E-state index in [0.29, 0.717) is 11.6 Å². The molecular formula is C12H13FN4O2. The zero-order valence-electron chi connectivity index (χ0n) is 10.3. The van der Waals surface area contributed by atoms with Crippen molar-refractivity contribution in [3.63, 3.8) is 0 Å². The first-order valence-electron chi connectivity index (χ1n) is 5.71. The Labute approximate surface area is 109 Å².